The fraction of sp³-hybridized carbons (Fsp3) is 0.667. The van der Waals surface area contributed by atoms with Crippen LogP contribution in [-0.2, 0) is 17.7 Å². The van der Waals surface area contributed by atoms with Crippen molar-refractivity contribution in [1.82, 2.24) is 4.98 Å². The maximum Gasteiger partial charge on any atom is 0.254 e. The van der Waals surface area contributed by atoms with Crippen LogP contribution in [0.2, 0.25) is 0 Å². The summed E-state index contributed by atoms with van der Waals surface area (Å²) in [5, 5.41) is 8.54. The van der Waals surface area contributed by atoms with Gasteiger partial charge in [0.2, 0.25) is 0 Å². The Morgan fingerprint density at radius 1 is 1.50 bits per heavy atom. The molecule has 0 aliphatic carbocycles. The molecule has 0 spiro atoms. The van der Waals surface area contributed by atoms with E-state index in [1.165, 1.54) is 5.82 Å². The molecule has 88 valence electrons. The highest BCUT2D eigenvalue weighted by atomic mass is 16.5. The van der Waals surface area contributed by atoms with Crippen molar-refractivity contribution < 1.29 is 9.30 Å². The van der Waals surface area contributed by atoms with Gasteiger partial charge in [-0.3, -0.25) is 0 Å². The van der Waals surface area contributed by atoms with E-state index in [1.807, 2.05) is 19.3 Å². The molecule has 0 bridgehead atoms. The predicted molar refractivity (Wildman–Crippen MR) is 60.6 cm³/mol. The third-order valence-electron chi connectivity index (χ3n) is 2.47. The zero-order valence-corrected chi connectivity index (χ0v) is 9.91. The summed E-state index contributed by atoms with van der Waals surface area (Å²) in [6.07, 6.45) is 7.71. The number of nitrogens with zero attached hydrogens (tertiary/aromatic N) is 2. The summed E-state index contributed by atoms with van der Waals surface area (Å²) in [5.74, 6) is 1.20. The molecule has 1 aromatic heterocycles. The van der Waals surface area contributed by atoms with Crippen molar-refractivity contribution in [3.05, 3.63) is 18.2 Å². The van der Waals surface area contributed by atoms with Gasteiger partial charge in [-0.1, -0.05) is 0 Å². The molecule has 16 heavy (non-hydrogen) atoms. The predicted octanol–water partition coefficient (Wildman–Crippen LogP) is 1.58. The van der Waals surface area contributed by atoms with Crippen LogP contribution in [0.15, 0.2) is 12.4 Å². The second-order valence-electron chi connectivity index (χ2n) is 3.66. The number of nitrogens with one attached hydrogen (secondary N) is 1. The number of hydrogen-bond acceptors (Lipinski definition) is 2. The standard InChI is InChI=1S/C12H19N3O/c1-2-16-11-4-3-6-12-14-8-10-15(12)9-5-7-13/h8,10H,2-6,9,11H2,1H3/p+1. The molecule has 0 saturated carbocycles. The Kier molecular flexibility index (Phi) is 6.28. The van der Waals surface area contributed by atoms with Crippen molar-refractivity contribution in [2.75, 3.05) is 13.2 Å². The first kappa shape index (κ1) is 12.7. The number of H-pyrrole nitrogens is 1. The lowest BCUT2D eigenvalue weighted by atomic mass is 10.2. The van der Waals surface area contributed by atoms with Crippen molar-refractivity contribution in [3.63, 3.8) is 0 Å². The second-order valence-corrected chi connectivity index (χ2v) is 3.66. The number of imidazole rings is 1. The van der Waals surface area contributed by atoms with Crippen LogP contribution in [0.3, 0.4) is 0 Å². The Bertz CT molecular complexity index is 327. The minimum absolute atomic E-state index is 0.564. The first-order chi connectivity index (χ1) is 7.88. The highest BCUT2D eigenvalue weighted by molar-refractivity contribution is 4.78. The van der Waals surface area contributed by atoms with Crippen LogP contribution in [0, 0.1) is 11.3 Å². The quantitative estimate of drug-likeness (QED) is 0.536. The maximum atomic E-state index is 8.54. The molecule has 0 aliphatic heterocycles. The normalized spacial score (nSPS) is 10.2. The van der Waals surface area contributed by atoms with Crippen molar-refractivity contribution in [3.8, 4) is 6.07 Å². The van der Waals surface area contributed by atoms with E-state index in [0.717, 1.165) is 39.0 Å². The molecule has 0 fully saturated rings. The molecule has 0 aromatic carbocycles. The van der Waals surface area contributed by atoms with Gasteiger partial charge in [0.15, 0.2) is 0 Å². The third-order valence-corrected chi connectivity index (χ3v) is 2.47. The lowest BCUT2D eigenvalue weighted by molar-refractivity contribution is -0.701. The molecule has 0 aliphatic rings. The van der Waals surface area contributed by atoms with Crippen LogP contribution in [-0.4, -0.2) is 18.2 Å². The van der Waals surface area contributed by atoms with Crippen LogP contribution in [0.5, 0.6) is 0 Å². The van der Waals surface area contributed by atoms with Crippen LogP contribution >= 0.6 is 0 Å². The number of aromatic amines is 1. The maximum absolute atomic E-state index is 8.54. The lowest BCUT2D eigenvalue weighted by Gasteiger charge is -2.00. The van der Waals surface area contributed by atoms with E-state index < -0.39 is 0 Å². The van der Waals surface area contributed by atoms with Crippen LogP contribution in [0.1, 0.15) is 32.0 Å². The van der Waals surface area contributed by atoms with Gasteiger partial charge >= 0.3 is 0 Å². The van der Waals surface area contributed by atoms with Gasteiger partial charge in [0.05, 0.1) is 12.5 Å². The smallest absolute Gasteiger partial charge is 0.254 e. The Balaban J connectivity index is 2.25. The van der Waals surface area contributed by atoms with E-state index in [1.54, 1.807) is 0 Å². The number of hydrogen-bond donors (Lipinski definition) is 1. The molecule has 1 rings (SSSR count). The van der Waals surface area contributed by atoms with Gasteiger partial charge in [0.25, 0.3) is 5.82 Å². The monoisotopic (exact) mass is 222 g/mol. The van der Waals surface area contributed by atoms with E-state index in [9.17, 15) is 0 Å². The first-order valence-corrected chi connectivity index (χ1v) is 5.89. The summed E-state index contributed by atoms with van der Waals surface area (Å²) in [4.78, 5) is 3.22. The zero-order valence-electron chi connectivity index (χ0n) is 9.91. The van der Waals surface area contributed by atoms with E-state index in [4.69, 9.17) is 10.00 Å². The highest BCUT2D eigenvalue weighted by Gasteiger charge is 2.09. The fourth-order valence-electron chi connectivity index (χ4n) is 1.63. The largest absolute Gasteiger partial charge is 0.382 e. The number of unbranched alkanes of at least 4 members (excludes halogenated alkanes) is 1. The Hall–Kier alpha value is -1.34. The van der Waals surface area contributed by atoms with E-state index in [2.05, 4.69) is 15.6 Å². The van der Waals surface area contributed by atoms with Gasteiger partial charge in [0.1, 0.15) is 18.9 Å². The topological polar surface area (TPSA) is 52.7 Å². The number of aryl methyl sites for hydroxylation is 2. The van der Waals surface area contributed by atoms with Gasteiger partial charge in [-0.2, -0.15) is 5.26 Å². The van der Waals surface area contributed by atoms with Gasteiger partial charge in [-0.05, 0) is 19.8 Å². The minimum Gasteiger partial charge on any atom is -0.382 e. The SMILES string of the molecule is CCOCCCCc1[nH]cc[n+]1CCC#N. The van der Waals surface area contributed by atoms with E-state index >= 15 is 0 Å². The average molecular weight is 222 g/mol. The van der Waals surface area contributed by atoms with E-state index in [0.29, 0.717) is 6.42 Å². The zero-order chi connectivity index (χ0) is 11.6. The van der Waals surface area contributed by atoms with Crippen molar-refractivity contribution >= 4 is 0 Å². The van der Waals surface area contributed by atoms with Gasteiger partial charge in [-0.15, -0.1) is 0 Å². The van der Waals surface area contributed by atoms with Crippen molar-refractivity contribution in [2.24, 2.45) is 0 Å². The molecule has 1 heterocycles. The minimum atomic E-state index is 0.564. The van der Waals surface area contributed by atoms with Crippen molar-refractivity contribution in [1.29, 1.82) is 5.26 Å². The molecule has 1 aromatic rings. The summed E-state index contributed by atoms with van der Waals surface area (Å²) < 4.78 is 7.40. The molecule has 0 unspecified atom stereocenters. The molecule has 0 saturated heterocycles. The molecular weight excluding hydrogens is 202 g/mol. The van der Waals surface area contributed by atoms with Crippen LogP contribution in [0.4, 0.5) is 0 Å². The molecule has 4 heteroatoms. The Morgan fingerprint density at radius 2 is 2.38 bits per heavy atom. The average Bonchev–Trinajstić information content (AvgIpc) is 2.74. The molecule has 4 nitrogen and oxygen atoms in total. The molecular formula is C12H20N3O+. The molecule has 0 atom stereocenters. The van der Waals surface area contributed by atoms with Gasteiger partial charge < -0.3 is 4.74 Å². The molecule has 0 radical (unpaired) electrons. The summed E-state index contributed by atoms with van der Waals surface area (Å²) in [7, 11) is 0. The molecule has 0 amide bonds. The number of rotatable bonds is 8. The van der Waals surface area contributed by atoms with E-state index in [-0.39, 0.29) is 0 Å². The lowest BCUT2D eigenvalue weighted by Crippen LogP contribution is -2.35. The summed E-state index contributed by atoms with van der Waals surface area (Å²) >= 11 is 0. The Morgan fingerprint density at radius 3 is 3.12 bits per heavy atom. The molecule has 1 N–H and O–H groups in total. The second kappa shape index (κ2) is 7.89. The number of ether oxygens (including phenoxy) is 1. The first-order valence-electron chi connectivity index (χ1n) is 5.89. The summed E-state index contributed by atoms with van der Waals surface area (Å²) in [5.41, 5.74) is 0. The van der Waals surface area contributed by atoms with Crippen molar-refractivity contribution in [2.45, 2.75) is 39.2 Å². The highest BCUT2D eigenvalue weighted by Crippen LogP contribution is 1.98. The third kappa shape index (κ3) is 4.45. The fourth-order valence-corrected chi connectivity index (χ4v) is 1.63. The Labute approximate surface area is 96.9 Å². The van der Waals surface area contributed by atoms with Crippen LogP contribution < -0.4 is 4.57 Å². The number of nitriles is 1. The van der Waals surface area contributed by atoms with Gasteiger partial charge in [0, 0.05) is 19.6 Å². The van der Waals surface area contributed by atoms with Gasteiger partial charge in [-0.25, -0.2) is 9.55 Å². The van der Waals surface area contributed by atoms with Crippen LogP contribution in [0.25, 0.3) is 0 Å². The summed E-state index contributed by atoms with van der Waals surface area (Å²) in [6, 6.07) is 2.16. The number of aromatic nitrogens is 2. The summed E-state index contributed by atoms with van der Waals surface area (Å²) in [6.45, 7) is 4.43.